The van der Waals surface area contributed by atoms with Gasteiger partial charge in [-0.05, 0) is 17.9 Å². The lowest BCUT2D eigenvalue weighted by molar-refractivity contribution is -0.0540. The quantitative estimate of drug-likeness (QED) is 0.832. The van der Waals surface area contributed by atoms with Crippen LogP contribution in [0.2, 0.25) is 0 Å². The maximum atomic E-state index is 9.77. The molecule has 0 aliphatic carbocycles. The van der Waals surface area contributed by atoms with Crippen LogP contribution in [0.1, 0.15) is 23.8 Å². The molecule has 1 fully saturated rings. The second-order valence-corrected chi connectivity index (χ2v) is 4.26. The van der Waals surface area contributed by atoms with Gasteiger partial charge < -0.3 is 14.6 Å². The van der Waals surface area contributed by atoms with Gasteiger partial charge in [0.05, 0.1) is 19.3 Å². The van der Waals surface area contributed by atoms with Crippen molar-refractivity contribution in [3.63, 3.8) is 0 Å². The molecule has 1 saturated heterocycles. The molecule has 0 bridgehead atoms. The maximum absolute atomic E-state index is 9.77. The van der Waals surface area contributed by atoms with Crippen LogP contribution in [0, 0.1) is 0 Å². The lowest BCUT2D eigenvalue weighted by Crippen LogP contribution is -2.09. The second-order valence-electron chi connectivity index (χ2n) is 3.28. The highest BCUT2D eigenvalue weighted by Crippen LogP contribution is 2.24. The summed E-state index contributed by atoms with van der Waals surface area (Å²) in [6.07, 6.45) is 0.983. The highest BCUT2D eigenvalue weighted by molar-refractivity contribution is 7.10. The van der Waals surface area contributed by atoms with E-state index in [1.165, 1.54) is 0 Å². The third kappa shape index (κ3) is 2.54. The molecule has 0 spiro atoms. The van der Waals surface area contributed by atoms with Gasteiger partial charge in [0.1, 0.15) is 0 Å². The summed E-state index contributed by atoms with van der Waals surface area (Å²) >= 11 is 1.58. The van der Waals surface area contributed by atoms with E-state index in [1.54, 1.807) is 11.3 Å². The van der Waals surface area contributed by atoms with Crippen LogP contribution >= 0.6 is 11.3 Å². The highest BCUT2D eigenvalue weighted by Gasteiger charge is 2.18. The van der Waals surface area contributed by atoms with Crippen molar-refractivity contribution in [3.05, 3.63) is 22.4 Å². The van der Waals surface area contributed by atoms with E-state index in [9.17, 15) is 5.11 Å². The molecule has 78 valence electrons. The Morgan fingerprint density at radius 2 is 2.29 bits per heavy atom. The summed E-state index contributed by atoms with van der Waals surface area (Å²) in [5, 5.41) is 11.7. The van der Waals surface area contributed by atoms with Gasteiger partial charge >= 0.3 is 0 Å². The van der Waals surface area contributed by atoms with Gasteiger partial charge in [-0.2, -0.15) is 0 Å². The number of hydrogen-bond donors (Lipinski definition) is 1. The Balaban J connectivity index is 1.74. The van der Waals surface area contributed by atoms with Gasteiger partial charge in [0, 0.05) is 11.3 Å². The Labute approximate surface area is 87.3 Å². The number of rotatable bonds is 4. The van der Waals surface area contributed by atoms with E-state index in [2.05, 4.69) is 0 Å². The van der Waals surface area contributed by atoms with Crippen LogP contribution in [-0.4, -0.2) is 24.6 Å². The van der Waals surface area contributed by atoms with Crippen LogP contribution in [0.15, 0.2) is 17.5 Å². The summed E-state index contributed by atoms with van der Waals surface area (Å²) in [5.74, 6) is 0. The predicted octanol–water partition coefficient (Wildman–Crippen LogP) is 1.93. The Hall–Kier alpha value is -0.420. The van der Waals surface area contributed by atoms with E-state index in [0.29, 0.717) is 19.6 Å². The fraction of sp³-hybridized carbons (Fsp3) is 0.600. The van der Waals surface area contributed by atoms with Crippen LogP contribution < -0.4 is 0 Å². The smallest absolute Gasteiger partial charge is 0.157 e. The van der Waals surface area contributed by atoms with Crippen molar-refractivity contribution in [3.8, 4) is 0 Å². The van der Waals surface area contributed by atoms with E-state index >= 15 is 0 Å². The van der Waals surface area contributed by atoms with Crippen molar-refractivity contribution < 1.29 is 14.6 Å². The number of aliphatic hydroxyl groups excluding tert-OH is 1. The molecule has 1 aliphatic rings. The van der Waals surface area contributed by atoms with Crippen molar-refractivity contribution in [2.24, 2.45) is 0 Å². The summed E-state index contributed by atoms with van der Waals surface area (Å²) < 4.78 is 10.6. The van der Waals surface area contributed by atoms with E-state index < -0.39 is 0 Å². The minimum Gasteiger partial charge on any atom is -0.388 e. The SMILES string of the molecule is OC(CCC1OCCO1)c1cccs1. The average Bonchev–Trinajstić information content (AvgIpc) is 2.87. The molecule has 14 heavy (non-hydrogen) atoms. The normalized spacial score (nSPS) is 20.1. The second kappa shape index (κ2) is 4.89. The minimum atomic E-state index is -0.372. The Morgan fingerprint density at radius 1 is 1.50 bits per heavy atom. The van der Waals surface area contributed by atoms with Crippen LogP contribution in [0.5, 0.6) is 0 Å². The lowest BCUT2D eigenvalue weighted by atomic mass is 10.1. The number of hydrogen-bond acceptors (Lipinski definition) is 4. The summed E-state index contributed by atoms with van der Waals surface area (Å²) in [5.41, 5.74) is 0. The molecule has 3 nitrogen and oxygen atoms in total. The number of ether oxygens (including phenoxy) is 2. The molecule has 1 unspecified atom stereocenters. The molecule has 0 radical (unpaired) electrons. The fourth-order valence-electron chi connectivity index (χ4n) is 1.49. The molecule has 1 aliphatic heterocycles. The highest BCUT2D eigenvalue weighted by atomic mass is 32.1. The molecule has 1 aromatic rings. The van der Waals surface area contributed by atoms with E-state index in [-0.39, 0.29) is 12.4 Å². The summed E-state index contributed by atoms with van der Waals surface area (Å²) in [6, 6.07) is 3.90. The van der Waals surface area contributed by atoms with Crippen LogP contribution in [0.25, 0.3) is 0 Å². The van der Waals surface area contributed by atoms with Crippen molar-refractivity contribution in [2.45, 2.75) is 25.2 Å². The average molecular weight is 214 g/mol. The number of aliphatic hydroxyl groups is 1. The molecule has 2 rings (SSSR count). The molecule has 0 aromatic carbocycles. The zero-order valence-electron chi connectivity index (χ0n) is 7.89. The zero-order chi connectivity index (χ0) is 9.80. The molecule has 1 aromatic heterocycles. The van der Waals surface area contributed by atoms with Crippen molar-refractivity contribution in [2.75, 3.05) is 13.2 Å². The number of thiophene rings is 1. The molecular weight excluding hydrogens is 200 g/mol. The molecule has 0 saturated carbocycles. The van der Waals surface area contributed by atoms with Gasteiger partial charge in [0.25, 0.3) is 0 Å². The van der Waals surface area contributed by atoms with Gasteiger partial charge in [-0.15, -0.1) is 11.3 Å². The third-order valence-electron chi connectivity index (χ3n) is 2.24. The molecule has 1 N–H and O–H groups in total. The van der Waals surface area contributed by atoms with Gasteiger partial charge in [-0.25, -0.2) is 0 Å². The Bertz CT molecular complexity index is 254. The van der Waals surface area contributed by atoms with Crippen molar-refractivity contribution in [1.82, 2.24) is 0 Å². The summed E-state index contributed by atoms with van der Waals surface area (Å²) in [7, 11) is 0. The monoisotopic (exact) mass is 214 g/mol. The largest absolute Gasteiger partial charge is 0.388 e. The first kappa shape index (κ1) is 10.1. The molecule has 2 heterocycles. The van der Waals surface area contributed by atoms with Crippen LogP contribution in [0.3, 0.4) is 0 Å². The minimum absolute atomic E-state index is 0.107. The molecule has 1 atom stereocenters. The topological polar surface area (TPSA) is 38.7 Å². The first-order valence-corrected chi connectivity index (χ1v) is 5.69. The summed E-state index contributed by atoms with van der Waals surface area (Å²) in [6.45, 7) is 1.36. The Kier molecular flexibility index (Phi) is 3.53. The summed E-state index contributed by atoms with van der Waals surface area (Å²) in [4.78, 5) is 1.02. The first-order chi connectivity index (χ1) is 6.86. The molecular formula is C10H14O3S. The van der Waals surface area contributed by atoms with Gasteiger partial charge in [0.15, 0.2) is 6.29 Å². The molecule has 4 heteroatoms. The first-order valence-electron chi connectivity index (χ1n) is 4.81. The zero-order valence-corrected chi connectivity index (χ0v) is 8.70. The van der Waals surface area contributed by atoms with E-state index in [1.807, 2.05) is 17.5 Å². The van der Waals surface area contributed by atoms with E-state index in [0.717, 1.165) is 11.3 Å². The van der Waals surface area contributed by atoms with Crippen LogP contribution in [0.4, 0.5) is 0 Å². The van der Waals surface area contributed by atoms with Crippen molar-refractivity contribution >= 4 is 11.3 Å². The fourth-order valence-corrected chi connectivity index (χ4v) is 2.24. The van der Waals surface area contributed by atoms with Crippen molar-refractivity contribution in [1.29, 1.82) is 0 Å². The standard InChI is InChI=1S/C10H14O3S/c11-8(9-2-1-7-14-9)3-4-10-12-5-6-13-10/h1-2,7-8,10-11H,3-6H2. The van der Waals surface area contributed by atoms with Gasteiger partial charge in [-0.3, -0.25) is 0 Å². The lowest BCUT2D eigenvalue weighted by Gasteiger charge is -2.11. The molecule has 0 amide bonds. The predicted molar refractivity (Wildman–Crippen MR) is 54.2 cm³/mol. The van der Waals surface area contributed by atoms with Gasteiger partial charge in [0.2, 0.25) is 0 Å². The Morgan fingerprint density at radius 3 is 2.93 bits per heavy atom. The van der Waals surface area contributed by atoms with E-state index in [4.69, 9.17) is 9.47 Å². The third-order valence-corrected chi connectivity index (χ3v) is 3.21. The van der Waals surface area contributed by atoms with Crippen LogP contribution in [-0.2, 0) is 9.47 Å². The maximum Gasteiger partial charge on any atom is 0.157 e. The van der Waals surface area contributed by atoms with Gasteiger partial charge in [-0.1, -0.05) is 6.07 Å².